The first-order valence-corrected chi connectivity index (χ1v) is 11.3. The maximum absolute atomic E-state index is 13.7. The van der Waals surface area contributed by atoms with Gasteiger partial charge in [0.25, 0.3) is 0 Å². The van der Waals surface area contributed by atoms with Crippen LogP contribution in [0.2, 0.25) is 0 Å². The Morgan fingerprint density at radius 2 is 1.53 bits per heavy atom. The van der Waals surface area contributed by atoms with E-state index >= 15 is 0 Å². The molecule has 3 aromatic rings. The lowest BCUT2D eigenvalue weighted by Gasteiger charge is -2.23. The third kappa shape index (κ3) is 6.13. The molecule has 0 aliphatic carbocycles. The van der Waals surface area contributed by atoms with Crippen molar-refractivity contribution in [1.82, 2.24) is 5.32 Å². The van der Waals surface area contributed by atoms with Crippen molar-refractivity contribution >= 4 is 84.7 Å². The molecule has 1 atom stereocenters. The van der Waals surface area contributed by atoms with Crippen LogP contribution < -0.4 is 32.6 Å². The van der Waals surface area contributed by atoms with Crippen LogP contribution in [-0.4, -0.2) is 68.1 Å². The van der Waals surface area contributed by atoms with Crippen molar-refractivity contribution in [2.24, 2.45) is 0 Å². The van der Waals surface area contributed by atoms with Crippen molar-refractivity contribution < 1.29 is 28.2 Å². The number of nitrogens with one attached hydrogen (secondary N) is 1. The average molecular weight is 504 g/mol. The molecule has 0 saturated heterocycles. The minimum Gasteiger partial charge on any atom is -0.480 e. The molecule has 0 fully saturated rings. The van der Waals surface area contributed by atoms with Gasteiger partial charge in [0.2, 0.25) is 0 Å². The summed E-state index contributed by atoms with van der Waals surface area (Å²) in [5, 5.41) is 20.8. The molecule has 10 radical (unpaired) electrons. The van der Waals surface area contributed by atoms with E-state index in [2.05, 4.69) is 5.32 Å². The lowest BCUT2D eigenvalue weighted by molar-refractivity contribution is -0.140. The van der Waals surface area contributed by atoms with Crippen LogP contribution in [0.1, 0.15) is 27.8 Å². The zero-order valence-electron chi connectivity index (χ0n) is 20.4. The molecule has 0 amide bonds. The van der Waals surface area contributed by atoms with Gasteiger partial charge in [0.05, 0.1) is 12.2 Å². The largest absolute Gasteiger partial charge is 0.480 e. The molecule has 4 nitrogen and oxygen atoms in total. The second-order valence-electron chi connectivity index (χ2n) is 8.67. The molecule has 0 spiro atoms. The molecule has 0 aliphatic rings. The lowest BCUT2D eigenvalue weighted by Crippen LogP contribution is -2.55. The summed E-state index contributed by atoms with van der Waals surface area (Å²) in [5.74, 6) is -1.28. The van der Waals surface area contributed by atoms with Gasteiger partial charge >= 0.3 is 12.1 Å². The van der Waals surface area contributed by atoms with Crippen molar-refractivity contribution in [2.45, 2.75) is 25.7 Å². The Morgan fingerprint density at radius 1 is 0.947 bits per heavy atom. The van der Waals surface area contributed by atoms with Crippen molar-refractivity contribution in [3.05, 3.63) is 64.2 Å². The van der Waals surface area contributed by atoms with Gasteiger partial charge in [-0.1, -0.05) is 47.3 Å². The highest BCUT2D eigenvalue weighted by atomic mass is 19.4. The topological polar surface area (TPSA) is 69.6 Å². The summed E-state index contributed by atoms with van der Waals surface area (Å²) in [6.45, 7) is 1.02. The Balaban J connectivity index is 2.05. The number of carbonyl (C=O) groups is 1. The van der Waals surface area contributed by atoms with Crippen LogP contribution >= 0.6 is 0 Å². The number of benzene rings is 3. The summed E-state index contributed by atoms with van der Waals surface area (Å²) >= 11 is 0. The fraction of sp³-hybridized carbons (Fsp3) is 0.192. The van der Waals surface area contributed by atoms with Gasteiger partial charge in [-0.15, -0.1) is 16.4 Å². The highest BCUT2D eigenvalue weighted by molar-refractivity contribution is 6.68. The molecule has 0 aliphatic heterocycles. The summed E-state index contributed by atoms with van der Waals surface area (Å²) in [6, 6.07) is 7.36. The predicted octanol–water partition coefficient (Wildman–Crippen LogP) is -0.645. The number of alkyl halides is 3. The Labute approximate surface area is 225 Å². The SMILES string of the molecule is [B]c1c([B])c([B])c(-c2cccc(/C=C/c3cc(CNC(CO)C(=O)O)ccc3C(F)(F)F)c2C)c([B])c1[B]. The maximum atomic E-state index is 13.7. The third-order valence-electron chi connectivity index (χ3n) is 6.24. The van der Waals surface area contributed by atoms with Gasteiger partial charge in [0.15, 0.2) is 0 Å². The fourth-order valence-electron chi connectivity index (χ4n) is 4.01. The van der Waals surface area contributed by atoms with Gasteiger partial charge < -0.3 is 10.2 Å². The molecule has 3 rings (SSSR count). The summed E-state index contributed by atoms with van der Waals surface area (Å²) in [6.07, 6.45) is -1.79. The van der Waals surface area contributed by atoms with E-state index in [4.69, 9.17) is 49.4 Å². The second kappa shape index (κ2) is 11.7. The van der Waals surface area contributed by atoms with Crippen LogP contribution in [0.25, 0.3) is 23.3 Å². The zero-order chi connectivity index (χ0) is 28.4. The van der Waals surface area contributed by atoms with E-state index in [1.54, 1.807) is 25.1 Å². The number of aliphatic hydroxyl groups excluding tert-OH is 1. The summed E-state index contributed by atoms with van der Waals surface area (Å²) in [7, 11) is 30.2. The second-order valence-corrected chi connectivity index (χ2v) is 8.67. The molecule has 0 aromatic heterocycles. The Morgan fingerprint density at radius 3 is 2.08 bits per heavy atom. The van der Waals surface area contributed by atoms with Crippen molar-refractivity contribution in [2.75, 3.05) is 6.61 Å². The molecule has 0 heterocycles. The minimum atomic E-state index is -4.63. The number of hydrogen-bond donors (Lipinski definition) is 3. The Bertz CT molecular complexity index is 1380. The van der Waals surface area contributed by atoms with Gasteiger partial charge in [0.1, 0.15) is 45.3 Å². The van der Waals surface area contributed by atoms with Crippen LogP contribution in [-0.2, 0) is 17.5 Å². The molecule has 182 valence electrons. The van der Waals surface area contributed by atoms with Crippen molar-refractivity contribution in [3.63, 3.8) is 0 Å². The van der Waals surface area contributed by atoms with E-state index in [0.29, 0.717) is 27.8 Å². The van der Waals surface area contributed by atoms with Crippen LogP contribution in [0.3, 0.4) is 0 Å². The molecule has 0 saturated carbocycles. The molecule has 3 N–H and O–H groups in total. The highest BCUT2D eigenvalue weighted by Crippen LogP contribution is 2.34. The van der Waals surface area contributed by atoms with E-state index < -0.39 is 30.4 Å². The van der Waals surface area contributed by atoms with Crippen LogP contribution in [0.4, 0.5) is 13.2 Å². The third-order valence-corrected chi connectivity index (χ3v) is 6.24. The number of carboxylic acid groups (broad SMARTS) is 1. The molecule has 1 unspecified atom stereocenters. The van der Waals surface area contributed by atoms with E-state index in [1.165, 1.54) is 24.3 Å². The van der Waals surface area contributed by atoms with Gasteiger partial charge in [-0.05, 0) is 52.4 Å². The summed E-state index contributed by atoms with van der Waals surface area (Å²) in [5.41, 5.74) is 2.12. The molecule has 12 heteroatoms. The monoisotopic (exact) mass is 505 g/mol. The Kier molecular flexibility index (Phi) is 9.11. The summed E-state index contributed by atoms with van der Waals surface area (Å²) < 4.78 is 41.2. The van der Waals surface area contributed by atoms with Gasteiger partial charge in [-0.2, -0.15) is 13.2 Å². The maximum Gasteiger partial charge on any atom is 0.416 e. The zero-order valence-corrected chi connectivity index (χ0v) is 20.4. The minimum absolute atomic E-state index is 0.0659. The van der Waals surface area contributed by atoms with Gasteiger partial charge in [0, 0.05) is 6.54 Å². The summed E-state index contributed by atoms with van der Waals surface area (Å²) in [4.78, 5) is 11.1. The average Bonchev–Trinajstić information content (AvgIpc) is 2.86. The smallest absolute Gasteiger partial charge is 0.416 e. The Hall–Kier alpha value is -3.10. The predicted molar refractivity (Wildman–Crippen MR) is 149 cm³/mol. The fourth-order valence-corrected chi connectivity index (χ4v) is 4.01. The van der Waals surface area contributed by atoms with E-state index in [1.807, 2.05) is 0 Å². The quantitative estimate of drug-likeness (QED) is 0.282. The van der Waals surface area contributed by atoms with Crippen molar-refractivity contribution in [3.8, 4) is 11.1 Å². The van der Waals surface area contributed by atoms with Gasteiger partial charge in [-0.25, -0.2) is 0 Å². The first-order valence-electron chi connectivity index (χ1n) is 11.3. The molecular weight excluding hydrogens is 485 g/mol. The van der Waals surface area contributed by atoms with E-state index in [-0.39, 0.29) is 39.4 Å². The number of rotatable bonds is 8. The number of aliphatic hydroxyl groups is 1. The highest BCUT2D eigenvalue weighted by Gasteiger charge is 2.32. The molecule has 0 bridgehead atoms. The van der Waals surface area contributed by atoms with E-state index in [0.717, 1.165) is 6.07 Å². The first-order chi connectivity index (χ1) is 17.8. The number of halogens is 3. The molecule has 38 heavy (non-hydrogen) atoms. The van der Waals surface area contributed by atoms with Crippen LogP contribution in [0.5, 0.6) is 0 Å². The van der Waals surface area contributed by atoms with Crippen LogP contribution in [0.15, 0.2) is 36.4 Å². The molecule has 3 aromatic carbocycles. The van der Waals surface area contributed by atoms with E-state index in [9.17, 15) is 18.0 Å². The lowest BCUT2D eigenvalue weighted by atomic mass is 9.59. The molecular formula is C26H19B5F3NO3. The van der Waals surface area contributed by atoms with Gasteiger partial charge in [-0.3, -0.25) is 10.1 Å². The van der Waals surface area contributed by atoms with Crippen LogP contribution in [0, 0.1) is 6.92 Å². The normalized spacial score (nSPS) is 12.7. The van der Waals surface area contributed by atoms with Crippen molar-refractivity contribution in [1.29, 1.82) is 0 Å². The standard InChI is InChI=1S/C26H19B5F3NO3/c1-12-14(3-2-4-16(12)19-20(27)22(29)24(31)23(30)21(19)28)6-7-15-9-13(5-8-17(15)26(32,33)34)10-35-18(11-36)25(37)38/h2-9,18,35-36H,10-11H2,1H3,(H,37,38)/b7-6+. The number of aliphatic carboxylic acids is 1. The number of hydrogen-bond acceptors (Lipinski definition) is 3. The number of carboxylic acids is 1. The first kappa shape index (κ1) is 29.5.